The molecule has 0 aliphatic carbocycles. The number of nitrogen functional groups attached to an aromatic ring is 1. The lowest BCUT2D eigenvalue weighted by molar-refractivity contribution is 0.201. The van der Waals surface area contributed by atoms with Crippen molar-refractivity contribution < 1.29 is 4.74 Å². The second-order valence-electron chi connectivity index (χ2n) is 4.42. The van der Waals surface area contributed by atoms with Gasteiger partial charge in [0.05, 0.1) is 12.7 Å². The number of anilines is 2. The molecule has 0 saturated heterocycles. The Labute approximate surface area is 110 Å². The van der Waals surface area contributed by atoms with Crippen LogP contribution < -0.4 is 15.8 Å². The first-order valence-corrected chi connectivity index (χ1v) is 6.12. The van der Waals surface area contributed by atoms with Crippen LogP contribution in [0.4, 0.5) is 11.6 Å². The van der Waals surface area contributed by atoms with Crippen molar-refractivity contribution in [1.82, 2.24) is 25.0 Å². The molecule has 2 aromatic rings. The second-order valence-corrected chi connectivity index (χ2v) is 4.42. The summed E-state index contributed by atoms with van der Waals surface area (Å²) in [5, 5.41) is 11.0. The molecule has 1 aliphatic rings. The second kappa shape index (κ2) is 4.38. The zero-order valence-electron chi connectivity index (χ0n) is 10.8. The SMILES string of the molecule is CCC1CNc2nc(-c3cn(C)nn3)nc(N)c2O1. The zero-order valence-corrected chi connectivity index (χ0v) is 10.8. The van der Waals surface area contributed by atoms with Crippen LogP contribution in [-0.2, 0) is 7.05 Å². The molecule has 8 heteroatoms. The molecule has 0 bridgehead atoms. The fourth-order valence-electron chi connectivity index (χ4n) is 1.91. The molecular weight excluding hydrogens is 246 g/mol. The van der Waals surface area contributed by atoms with Gasteiger partial charge in [-0.3, -0.25) is 4.68 Å². The van der Waals surface area contributed by atoms with Crippen LogP contribution in [0.15, 0.2) is 6.20 Å². The fraction of sp³-hybridized carbons (Fsp3) is 0.455. The van der Waals surface area contributed by atoms with Gasteiger partial charge >= 0.3 is 0 Å². The van der Waals surface area contributed by atoms with E-state index in [1.807, 2.05) is 0 Å². The highest BCUT2D eigenvalue weighted by atomic mass is 16.5. The minimum Gasteiger partial charge on any atom is -0.481 e. The smallest absolute Gasteiger partial charge is 0.204 e. The quantitative estimate of drug-likeness (QED) is 0.808. The maximum absolute atomic E-state index is 5.93. The molecule has 0 spiro atoms. The summed E-state index contributed by atoms with van der Waals surface area (Å²) in [5.74, 6) is 1.88. The van der Waals surface area contributed by atoms with Gasteiger partial charge in [0.25, 0.3) is 0 Å². The molecule has 0 fully saturated rings. The first-order chi connectivity index (χ1) is 9.17. The number of aromatic nitrogens is 5. The zero-order chi connectivity index (χ0) is 13.4. The van der Waals surface area contributed by atoms with Gasteiger partial charge in [-0.25, -0.2) is 9.97 Å². The largest absolute Gasteiger partial charge is 0.481 e. The van der Waals surface area contributed by atoms with Crippen LogP contribution in [0.2, 0.25) is 0 Å². The van der Waals surface area contributed by atoms with Gasteiger partial charge in [0.1, 0.15) is 11.8 Å². The molecule has 3 rings (SSSR count). The molecular formula is C11H15N7O. The van der Waals surface area contributed by atoms with Crippen LogP contribution in [0.25, 0.3) is 11.5 Å². The monoisotopic (exact) mass is 261 g/mol. The Morgan fingerprint density at radius 3 is 3.05 bits per heavy atom. The van der Waals surface area contributed by atoms with E-state index >= 15 is 0 Å². The van der Waals surface area contributed by atoms with Crippen molar-refractivity contribution in [3.8, 4) is 17.3 Å². The third-order valence-corrected chi connectivity index (χ3v) is 2.96. The molecule has 0 aromatic carbocycles. The van der Waals surface area contributed by atoms with Gasteiger partial charge in [-0.05, 0) is 6.42 Å². The summed E-state index contributed by atoms with van der Waals surface area (Å²) in [6, 6.07) is 0. The summed E-state index contributed by atoms with van der Waals surface area (Å²) < 4.78 is 7.34. The molecule has 1 unspecified atom stereocenters. The van der Waals surface area contributed by atoms with Crippen molar-refractivity contribution in [2.24, 2.45) is 7.05 Å². The highest BCUT2D eigenvalue weighted by Crippen LogP contribution is 2.34. The standard InChI is InChI=1S/C11H15N7O/c1-3-6-4-13-11-8(19-6)9(12)14-10(15-11)7-5-18(2)17-16-7/h5-6H,3-4H2,1-2H3,(H3,12,13,14,15). The number of nitrogens with one attached hydrogen (secondary N) is 1. The predicted octanol–water partition coefficient (Wildman–Crippen LogP) is 0.437. The van der Waals surface area contributed by atoms with E-state index in [9.17, 15) is 0 Å². The van der Waals surface area contributed by atoms with Crippen LogP contribution in [0.3, 0.4) is 0 Å². The molecule has 0 saturated carbocycles. The van der Waals surface area contributed by atoms with Crippen molar-refractivity contribution in [3.05, 3.63) is 6.20 Å². The summed E-state index contributed by atoms with van der Waals surface area (Å²) >= 11 is 0. The van der Waals surface area contributed by atoms with Gasteiger partial charge in [-0.2, -0.15) is 0 Å². The van der Waals surface area contributed by atoms with E-state index in [4.69, 9.17) is 10.5 Å². The van der Waals surface area contributed by atoms with Crippen LogP contribution in [0.1, 0.15) is 13.3 Å². The summed E-state index contributed by atoms with van der Waals surface area (Å²) in [6.45, 7) is 2.77. The van der Waals surface area contributed by atoms with Gasteiger partial charge < -0.3 is 15.8 Å². The van der Waals surface area contributed by atoms with E-state index in [1.54, 1.807) is 17.9 Å². The Morgan fingerprint density at radius 1 is 1.53 bits per heavy atom. The average molecular weight is 261 g/mol. The van der Waals surface area contributed by atoms with Crippen molar-refractivity contribution in [2.75, 3.05) is 17.6 Å². The first-order valence-electron chi connectivity index (χ1n) is 6.12. The third kappa shape index (κ3) is 2.05. The lowest BCUT2D eigenvalue weighted by atomic mass is 10.2. The average Bonchev–Trinajstić information content (AvgIpc) is 2.85. The van der Waals surface area contributed by atoms with E-state index in [2.05, 4.69) is 32.5 Å². The number of fused-ring (bicyclic) bond motifs is 1. The fourth-order valence-corrected chi connectivity index (χ4v) is 1.91. The van der Waals surface area contributed by atoms with Crippen LogP contribution >= 0.6 is 0 Å². The normalized spacial score (nSPS) is 17.5. The Kier molecular flexibility index (Phi) is 2.69. The number of hydrogen-bond acceptors (Lipinski definition) is 7. The van der Waals surface area contributed by atoms with Gasteiger partial charge in [0, 0.05) is 7.05 Å². The number of nitrogens with two attached hydrogens (primary N) is 1. The van der Waals surface area contributed by atoms with Crippen molar-refractivity contribution in [3.63, 3.8) is 0 Å². The third-order valence-electron chi connectivity index (χ3n) is 2.96. The van der Waals surface area contributed by atoms with E-state index in [0.29, 0.717) is 35.4 Å². The number of ether oxygens (including phenoxy) is 1. The first kappa shape index (κ1) is 11.7. The molecule has 100 valence electrons. The van der Waals surface area contributed by atoms with Crippen molar-refractivity contribution in [1.29, 1.82) is 0 Å². The number of aryl methyl sites for hydroxylation is 1. The van der Waals surface area contributed by atoms with Gasteiger partial charge in [-0.1, -0.05) is 12.1 Å². The minimum absolute atomic E-state index is 0.0979. The van der Waals surface area contributed by atoms with Gasteiger partial charge in [0.2, 0.25) is 5.75 Å². The number of nitrogens with zero attached hydrogens (tertiary/aromatic N) is 5. The molecule has 0 amide bonds. The Morgan fingerprint density at radius 2 is 2.37 bits per heavy atom. The van der Waals surface area contributed by atoms with E-state index in [0.717, 1.165) is 6.42 Å². The molecule has 19 heavy (non-hydrogen) atoms. The molecule has 0 radical (unpaired) electrons. The number of rotatable bonds is 2. The van der Waals surface area contributed by atoms with Gasteiger partial charge in [-0.15, -0.1) is 5.10 Å². The Hall–Kier alpha value is -2.38. The summed E-state index contributed by atoms with van der Waals surface area (Å²) in [4.78, 5) is 8.61. The Balaban J connectivity index is 2.01. The highest BCUT2D eigenvalue weighted by Gasteiger charge is 2.23. The molecule has 3 N–H and O–H groups in total. The molecule has 1 atom stereocenters. The van der Waals surface area contributed by atoms with Crippen LogP contribution in [0, 0.1) is 0 Å². The minimum atomic E-state index is 0.0979. The lowest BCUT2D eigenvalue weighted by Crippen LogP contribution is -2.31. The lowest BCUT2D eigenvalue weighted by Gasteiger charge is -2.26. The van der Waals surface area contributed by atoms with Crippen molar-refractivity contribution in [2.45, 2.75) is 19.4 Å². The van der Waals surface area contributed by atoms with Gasteiger partial charge in [0.15, 0.2) is 17.5 Å². The maximum Gasteiger partial charge on any atom is 0.204 e. The number of hydrogen-bond donors (Lipinski definition) is 2. The molecule has 3 heterocycles. The summed E-state index contributed by atoms with van der Waals surface area (Å²) in [5.41, 5.74) is 6.51. The topological polar surface area (TPSA) is 104 Å². The van der Waals surface area contributed by atoms with Crippen LogP contribution in [-0.4, -0.2) is 37.6 Å². The molecule has 2 aromatic heterocycles. The predicted molar refractivity (Wildman–Crippen MR) is 69.6 cm³/mol. The van der Waals surface area contributed by atoms with Crippen molar-refractivity contribution >= 4 is 11.6 Å². The van der Waals surface area contributed by atoms with E-state index < -0.39 is 0 Å². The van der Waals surface area contributed by atoms with E-state index in [-0.39, 0.29) is 6.10 Å². The molecule has 1 aliphatic heterocycles. The van der Waals surface area contributed by atoms with E-state index in [1.165, 1.54) is 0 Å². The van der Waals surface area contributed by atoms with Crippen LogP contribution in [0.5, 0.6) is 5.75 Å². The summed E-state index contributed by atoms with van der Waals surface area (Å²) in [7, 11) is 1.78. The summed E-state index contributed by atoms with van der Waals surface area (Å²) in [6.07, 6.45) is 2.73. The highest BCUT2D eigenvalue weighted by molar-refractivity contribution is 5.67. The molecule has 8 nitrogen and oxygen atoms in total. The maximum atomic E-state index is 5.93. The Bertz CT molecular complexity index is 609.